The van der Waals surface area contributed by atoms with Gasteiger partial charge in [-0.2, -0.15) is 0 Å². The van der Waals surface area contributed by atoms with Crippen LogP contribution < -0.4 is 24.8 Å². The second-order valence-electron chi connectivity index (χ2n) is 0. The molecule has 0 saturated heterocycles. The minimum atomic E-state index is 0. The largest absolute Gasteiger partial charge is 2.00 e. The maximum absolute atomic E-state index is 0. The van der Waals surface area contributed by atoms with Crippen molar-refractivity contribution in [1.29, 1.82) is 0 Å². The van der Waals surface area contributed by atoms with Crippen molar-refractivity contribution in [3.63, 3.8) is 0 Å². The van der Waals surface area contributed by atoms with Gasteiger partial charge in [-0.25, -0.2) is 0 Å². The third-order valence-corrected chi connectivity index (χ3v) is 0. The van der Waals surface area contributed by atoms with Gasteiger partial charge in [-0.05, 0) is 0 Å². The van der Waals surface area contributed by atoms with Crippen LogP contribution in [0.4, 0.5) is 0 Å². The maximum atomic E-state index is 0. The molecule has 0 aromatic rings. The van der Waals surface area contributed by atoms with E-state index in [4.69, 9.17) is 0 Å². The van der Waals surface area contributed by atoms with Crippen LogP contribution in [0.15, 0.2) is 0 Å². The van der Waals surface area contributed by atoms with Crippen molar-refractivity contribution in [2.45, 2.75) is 7.43 Å². The summed E-state index contributed by atoms with van der Waals surface area (Å²) in [5, 5.41) is 0. The fourth-order valence-corrected chi connectivity index (χ4v) is 0. The second-order valence-corrected chi connectivity index (χ2v) is 0. The number of hydrogen-bond acceptors (Lipinski definition) is 0. The molecule has 0 N–H and O–H groups in total. The zero-order valence-electron chi connectivity index (χ0n) is 1.46. The molecule has 0 atom stereocenters. The Hall–Kier alpha value is 1.84. The molecule has 4 heavy (non-hydrogen) atoms. The van der Waals surface area contributed by atoms with Crippen LogP contribution >= 0.6 is 0 Å². The van der Waals surface area contributed by atoms with Crippen LogP contribution in [0.1, 0.15) is 7.43 Å². The Morgan fingerprint density at radius 3 is 0.750 bits per heavy atom. The molecule has 0 amide bonds. The van der Waals surface area contributed by atoms with Crippen molar-refractivity contribution in [2.24, 2.45) is 0 Å². The summed E-state index contributed by atoms with van der Waals surface area (Å²) in [6.07, 6.45) is 0. The molecule has 24 valence electrons. The van der Waals surface area contributed by atoms with Crippen molar-refractivity contribution < 1.29 is 24.8 Å². The summed E-state index contributed by atoms with van der Waals surface area (Å²) >= 11 is 0. The topological polar surface area (TPSA) is 0 Å². The van der Waals surface area contributed by atoms with Gasteiger partial charge in [0.1, 0.15) is 0 Å². The van der Waals surface area contributed by atoms with Crippen LogP contribution in [0.5, 0.6) is 0 Å². The second kappa shape index (κ2) is 21.1. The number of halogens is 2. The van der Waals surface area contributed by atoms with Gasteiger partial charge in [0.2, 0.25) is 0 Å². The molecule has 0 aliphatic rings. The van der Waals surface area contributed by atoms with Gasteiger partial charge in [0.05, 0.1) is 0 Å². The quantitative estimate of drug-likeness (QED) is 0.284. The Kier molecular flexibility index (Phi) is 213. The van der Waals surface area contributed by atoms with E-state index < -0.39 is 0 Å². The first-order valence-electron chi connectivity index (χ1n) is 0. The van der Waals surface area contributed by atoms with Crippen molar-refractivity contribution in [3.05, 3.63) is 0 Å². The fraction of sp³-hybridized carbons (Fsp3) is 1.00. The van der Waals surface area contributed by atoms with Gasteiger partial charge in [0.15, 0.2) is 0 Å². The molecule has 0 heterocycles. The first kappa shape index (κ1) is 40.4. The van der Waals surface area contributed by atoms with Gasteiger partial charge in [0, 0.05) is 0 Å². The SMILES string of the molecule is C.[Ca+2].[Cl-].[Cl-]. The molecule has 0 spiro atoms. The summed E-state index contributed by atoms with van der Waals surface area (Å²) < 4.78 is 0. The Labute approximate surface area is 69.2 Å². The molecular formula is CH4CaCl2. The molecule has 0 saturated carbocycles. The zero-order valence-corrected chi connectivity index (χ0v) is 5.18. The zero-order chi connectivity index (χ0) is 0. The third-order valence-electron chi connectivity index (χ3n) is 0. The van der Waals surface area contributed by atoms with Crippen molar-refractivity contribution >= 4 is 37.7 Å². The first-order chi connectivity index (χ1) is 0. The molecule has 0 bridgehead atoms. The van der Waals surface area contributed by atoms with E-state index in [9.17, 15) is 0 Å². The first-order valence-corrected chi connectivity index (χ1v) is 0. The summed E-state index contributed by atoms with van der Waals surface area (Å²) in [6, 6.07) is 0. The van der Waals surface area contributed by atoms with E-state index in [1.165, 1.54) is 0 Å². The van der Waals surface area contributed by atoms with Crippen LogP contribution in [-0.4, -0.2) is 37.7 Å². The Balaban J connectivity index is 0. The molecule has 0 nitrogen and oxygen atoms in total. The van der Waals surface area contributed by atoms with Crippen molar-refractivity contribution in [2.75, 3.05) is 0 Å². The summed E-state index contributed by atoms with van der Waals surface area (Å²) in [4.78, 5) is 0. The van der Waals surface area contributed by atoms with E-state index in [0.717, 1.165) is 0 Å². The Morgan fingerprint density at radius 1 is 0.750 bits per heavy atom. The molecule has 0 radical (unpaired) electrons. The average molecular weight is 127 g/mol. The van der Waals surface area contributed by atoms with Crippen LogP contribution in [0, 0.1) is 0 Å². The summed E-state index contributed by atoms with van der Waals surface area (Å²) in [7, 11) is 0. The van der Waals surface area contributed by atoms with Crippen LogP contribution in [-0.2, 0) is 0 Å². The van der Waals surface area contributed by atoms with Crippen molar-refractivity contribution in [1.82, 2.24) is 0 Å². The monoisotopic (exact) mass is 126 g/mol. The average Bonchev–Trinajstić information content (AvgIpc) is 0. The molecule has 0 fully saturated rings. The van der Waals surface area contributed by atoms with Gasteiger partial charge in [-0.3, -0.25) is 0 Å². The van der Waals surface area contributed by atoms with Gasteiger partial charge in [-0.15, -0.1) is 0 Å². The minimum absolute atomic E-state index is 0. The molecule has 0 rings (SSSR count). The molecule has 0 aromatic heterocycles. The van der Waals surface area contributed by atoms with Crippen LogP contribution in [0.2, 0.25) is 0 Å². The third kappa shape index (κ3) is 9.15. The fourth-order valence-electron chi connectivity index (χ4n) is 0. The number of rotatable bonds is 0. The van der Waals surface area contributed by atoms with E-state index >= 15 is 0 Å². The van der Waals surface area contributed by atoms with Crippen molar-refractivity contribution in [3.8, 4) is 0 Å². The summed E-state index contributed by atoms with van der Waals surface area (Å²) in [5.74, 6) is 0. The molecule has 0 aliphatic carbocycles. The van der Waals surface area contributed by atoms with Gasteiger partial charge in [0.25, 0.3) is 0 Å². The molecule has 0 aromatic carbocycles. The van der Waals surface area contributed by atoms with E-state index in [1.807, 2.05) is 0 Å². The Morgan fingerprint density at radius 2 is 0.750 bits per heavy atom. The van der Waals surface area contributed by atoms with E-state index in [-0.39, 0.29) is 70.0 Å². The van der Waals surface area contributed by atoms with E-state index in [1.54, 1.807) is 0 Å². The predicted molar refractivity (Wildman–Crippen MR) is 12.5 cm³/mol. The standard InChI is InChI=1S/CH4.Ca.2ClH/h1H4;;2*1H/q;+2;;/p-2. The smallest absolute Gasteiger partial charge is 1.00 e. The van der Waals surface area contributed by atoms with Gasteiger partial charge in [-0.1, -0.05) is 7.43 Å². The Bertz CT molecular complexity index is 6.00. The molecule has 0 aliphatic heterocycles. The van der Waals surface area contributed by atoms with E-state index in [0.29, 0.717) is 0 Å². The van der Waals surface area contributed by atoms with E-state index in [2.05, 4.69) is 0 Å². The summed E-state index contributed by atoms with van der Waals surface area (Å²) in [6.45, 7) is 0. The summed E-state index contributed by atoms with van der Waals surface area (Å²) in [5.41, 5.74) is 0. The molecular weight excluding hydrogens is 123 g/mol. The molecule has 3 heteroatoms. The van der Waals surface area contributed by atoms with Gasteiger partial charge < -0.3 is 24.8 Å². The maximum Gasteiger partial charge on any atom is 2.00 e. The van der Waals surface area contributed by atoms with Crippen LogP contribution in [0.25, 0.3) is 0 Å². The van der Waals surface area contributed by atoms with Crippen LogP contribution in [0.3, 0.4) is 0 Å². The molecule has 0 unspecified atom stereocenters. The minimum Gasteiger partial charge on any atom is -1.00 e. The van der Waals surface area contributed by atoms with Gasteiger partial charge >= 0.3 is 37.7 Å². The predicted octanol–water partition coefficient (Wildman–Crippen LogP) is -5.74. The number of hydrogen-bond donors (Lipinski definition) is 0. The normalized spacial score (nSPS) is 0.